The summed E-state index contributed by atoms with van der Waals surface area (Å²) in [5.41, 5.74) is -0.459. The number of carbonyl (C=O) groups excluding carboxylic acids is 1. The maximum absolute atomic E-state index is 12.8. The Labute approximate surface area is 145 Å². The van der Waals surface area contributed by atoms with Crippen molar-refractivity contribution in [3.63, 3.8) is 0 Å². The molecular formula is C16H13F3N4O3. The fourth-order valence-electron chi connectivity index (χ4n) is 2.43. The molecule has 1 saturated heterocycles. The van der Waals surface area contributed by atoms with Crippen molar-refractivity contribution in [2.75, 3.05) is 25.0 Å². The van der Waals surface area contributed by atoms with E-state index in [2.05, 4.69) is 10.5 Å². The van der Waals surface area contributed by atoms with Crippen molar-refractivity contribution < 1.29 is 27.2 Å². The van der Waals surface area contributed by atoms with E-state index in [0.29, 0.717) is 6.54 Å². The monoisotopic (exact) mass is 366 g/mol. The molecule has 7 nitrogen and oxygen atoms in total. The number of morpholine rings is 1. The minimum Gasteiger partial charge on any atom is -0.365 e. The standard InChI is InChI=1S/C16H13F3N4O3/c17-16(18,19)11-3-1-2-10(6-11)12-7-14(26-22-12)21-15(24)13-8-23(9-20)4-5-25-13/h1-3,6-7,13H,4-5,8H2,(H,21,24). The highest BCUT2D eigenvalue weighted by Gasteiger charge is 2.31. The zero-order valence-corrected chi connectivity index (χ0v) is 13.3. The first-order valence-electron chi connectivity index (χ1n) is 7.58. The first-order chi connectivity index (χ1) is 12.4. The largest absolute Gasteiger partial charge is 0.416 e. The molecule has 1 unspecified atom stereocenters. The predicted molar refractivity (Wildman–Crippen MR) is 82.5 cm³/mol. The Hall–Kier alpha value is -3.06. The number of hydrogen-bond acceptors (Lipinski definition) is 6. The minimum atomic E-state index is -4.47. The summed E-state index contributed by atoms with van der Waals surface area (Å²) in [6.45, 7) is 0.747. The van der Waals surface area contributed by atoms with Gasteiger partial charge in [-0.1, -0.05) is 17.3 Å². The molecule has 2 aromatic rings. The molecule has 0 saturated carbocycles. The van der Waals surface area contributed by atoms with Gasteiger partial charge in [-0.25, -0.2) is 0 Å². The Morgan fingerprint density at radius 1 is 1.38 bits per heavy atom. The van der Waals surface area contributed by atoms with Crippen molar-refractivity contribution in [2.24, 2.45) is 0 Å². The lowest BCUT2D eigenvalue weighted by molar-refractivity contribution is -0.137. The fourth-order valence-corrected chi connectivity index (χ4v) is 2.43. The molecule has 0 bridgehead atoms. The second-order valence-corrected chi connectivity index (χ2v) is 5.55. The molecule has 1 aromatic carbocycles. The first kappa shape index (κ1) is 17.8. The summed E-state index contributed by atoms with van der Waals surface area (Å²) in [6.07, 6.45) is -3.39. The van der Waals surface area contributed by atoms with Crippen molar-refractivity contribution in [1.29, 1.82) is 5.26 Å². The van der Waals surface area contributed by atoms with Gasteiger partial charge in [0.2, 0.25) is 5.88 Å². The highest BCUT2D eigenvalue weighted by molar-refractivity contribution is 5.93. The Kier molecular flexibility index (Phi) is 4.81. The molecule has 136 valence electrons. The Bertz CT molecular complexity index is 844. The van der Waals surface area contributed by atoms with Gasteiger partial charge in [0.1, 0.15) is 5.69 Å². The quantitative estimate of drug-likeness (QED) is 0.839. The van der Waals surface area contributed by atoms with Crippen LogP contribution in [0.2, 0.25) is 0 Å². The van der Waals surface area contributed by atoms with Crippen molar-refractivity contribution in [3.05, 3.63) is 35.9 Å². The van der Waals surface area contributed by atoms with E-state index in [1.807, 2.05) is 6.19 Å². The van der Waals surface area contributed by atoms with Gasteiger partial charge in [-0.05, 0) is 12.1 Å². The molecule has 0 spiro atoms. The Morgan fingerprint density at radius 3 is 2.92 bits per heavy atom. The molecule has 1 atom stereocenters. The van der Waals surface area contributed by atoms with Crippen molar-refractivity contribution in [3.8, 4) is 17.5 Å². The molecule has 1 aliphatic heterocycles. The third kappa shape index (κ3) is 3.94. The molecule has 26 heavy (non-hydrogen) atoms. The number of nitrogens with one attached hydrogen (secondary N) is 1. The average molecular weight is 366 g/mol. The summed E-state index contributed by atoms with van der Waals surface area (Å²) >= 11 is 0. The zero-order chi connectivity index (χ0) is 18.7. The predicted octanol–water partition coefficient (Wildman–Crippen LogP) is 2.48. The number of amides is 1. The van der Waals surface area contributed by atoms with Crippen LogP contribution in [0.5, 0.6) is 0 Å². The maximum atomic E-state index is 12.8. The number of rotatable bonds is 3. The summed E-state index contributed by atoms with van der Waals surface area (Å²) in [5, 5.41) is 15.0. The van der Waals surface area contributed by atoms with Crippen molar-refractivity contribution >= 4 is 11.8 Å². The van der Waals surface area contributed by atoms with Gasteiger partial charge in [0.25, 0.3) is 5.91 Å². The van der Waals surface area contributed by atoms with Crippen LogP contribution in [0.15, 0.2) is 34.9 Å². The summed E-state index contributed by atoms with van der Waals surface area (Å²) in [4.78, 5) is 13.5. The van der Waals surface area contributed by atoms with Crippen LogP contribution in [0.25, 0.3) is 11.3 Å². The highest BCUT2D eigenvalue weighted by Crippen LogP contribution is 2.32. The van der Waals surface area contributed by atoms with Crippen LogP contribution in [-0.4, -0.2) is 41.8 Å². The van der Waals surface area contributed by atoms with Gasteiger partial charge in [-0.3, -0.25) is 10.1 Å². The van der Waals surface area contributed by atoms with Crippen LogP contribution >= 0.6 is 0 Å². The number of alkyl halides is 3. The second kappa shape index (κ2) is 7.05. The van der Waals surface area contributed by atoms with Crippen LogP contribution in [0.3, 0.4) is 0 Å². The fraction of sp³-hybridized carbons (Fsp3) is 0.312. The zero-order valence-electron chi connectivity index (χ0n) is 13.3. The number of carbonyl (C=O) groups is 1. The van der Waals surface area contributed by atoms with Gasteiger partial charge in [-0.15, -0.1) is 0 Å². The number of anilines is 1. The van der Waals surface area contributed by atoms with E-state index in [1.165, 1.54) is 23.1 Å². The van der Waals surface area contributed by atoms with E-state index in [0.717, 1.165) is 12.1 Å². The highest BCUT2D eigenvalue weighted by atomic mass is 19.4. The van der Waals surface area contributed by atoms with E-state index in [4.69, 9.17) is 14.5 Å². The topological polar surface area (TPSA) is 91.4 Å². The number of nitriles is 1. The Balaban J connectivity index is 1.70. The van der Waals surface area contributed by atoms with Crippen LogP contribution in [0.4, 0.5) is 19.1 Å². The molecule has 1 aliphatic rings. The smallest absolute Gasteiger partial charge is 0.365 e. The molecule has 1 amide bonds. The molecule has 1 fully saturated rings. The third-order valence-corrected chi connectivity index (χ3v) is 3.74. The van der Waals surface area contributed by atoms with Gasteiger partial charge >= 0.3 is 6.18 Å². The molecular weight excluding hydrogens is 353 g/mol. The summed E-state index contributed by atoms with van der Waals surface area (Å²) in [7, 11) is 0. The molecule has 1 N–H and O–H groups in total. The summed E-state index contributed by atoms with van der Waals surface area (Å²) in [5.74, 6) is -0.559. The number of aromatic nitrogens is 1. The van der Waals surface area contributed by atoms with Crippen molar-refractivity contribution in [2.45, 2.75) is 12.3 Å². The maximum Gasteiger partial charge on any atom is 0.416 e. The lowest BCUT2D eigenvalue weighted by Crippen LogP contribution is -2.45. The van der Waals surface area contributed by atoms with E-state index >= 15 is 0 Å². The van der Waals surface area contributed by atoms with E-state index in [9.17, 15) is 18.0 Å². The normalized spacial score (nSPS) is 17.6. The average Bonchev–Trinajstić information content (AvgIpc) is 3.09. The minimum absolute atomic E-state index is 0.0277. The number of halogens is 3. The number of benzene rings is 1. The van der Waals surface area contributed by atoms with E-state index < -0.39 is 23.8 Å². The van der Waals surface area contributed by atoms with Gasteiger partial charge in [0.15, 0.2) is 12.3 Å². The van der Waals surface area contributed by atoms with Gasteiger partial charge in [0.05, 0.1) is 25.3 Å². The van der Waals surface area contributed by atoms with Gasteiger partial charge < -0.3 is 14.2 Å². The molecule has 0 radical (unpaired) electrons. The summed E-state index contributed by atoms with van der Waals surface area (Å²) < 4.78 is 48.6. The van der Waals surface area contributed by atoms with Gasteiger partial charge in [0, 0.05) is 11.6 Å². The van der Waals surface area contributed by atoms with Crippen LogP contribution in [0.1, 0.15) is 5.56 Å². The van der Waals surface area contributed by atoms with Crippen LogP contribution in [-0.2, 0) is 15.7 Å². The molecule has 10 heteroatoms. The summed E-state index contributed by atoms with van der Waals surface area (Å²) in [6, 6.07) is 5.93. The van der Waals surface area contributed by atoms with Gasteiger partial charge in [-0.2, -0.15) is 18.4 Å². The SMILES string of the molecule is N#CN1CCOC(C(=O)Nc2cc(-c3cccc(C(F)(F)F)c3)no2)C1. The van der Waals surface area contributed by atoms with E-state index in [1.54, 1.807) is 0 Å². The van der Waals surface area contributed by atoms with Crippen molar-refractivity contribution in [1.82, 2.24) is 10.1 Å². The molecule has 1 aromatic heterocycles. The van der Waals surface area contributed by atoms with E-state index in [-0.39, 0.29) is 30.3 Å². The number of nitrogens with zero attached hydrogens (tertiary/aromatic N) is 3. The molecule has 3 rings (SSSR count). The lowest BCUT2D eigenvalue weighted by atomic mass is 10.1. The second-order valence-electron chi connectivity index (χ2n) is 5.55. The first-order valence-corrected chi connectivity index (χ1v) is 7.58. The Morgan fingerprint density at radius 2 is 2.19 bits per heavy atom. The third-order valence-electron chi connectivity index (χ3n) is 3.74. The number of ether oxygens (including phenoxy) is 1. The molecule has 2 heterocycles. The van der Waals surface area contributed by atoms with Crippen LogP contribution in [0, 0.1) is 11.5 Å². The van der Waals surface area contributed by atoms with Crippen LogP contribution < -0.4 is 5.32 Å². The number of hydrogen-bond donors (Lipinski definition) is 1. The molecule has 0 aliphatic carbocycles. The lowest BCUT2D eigenvalue weighted by Gasteiger charge is -2.27.